The fourth-order valence-corrected chi connectivity index (χ4v) is 4.10. The Morgan fingerprint density at radius 2 is 1.74 bits per heavy atom. The molecule has 8 nitrogen and oxygen atoms in total. The third-order valence-corrected chi connectivity index (χ3v) is 5.77. The molecule has 0 atom stereocenters. The van der Waals surface area contributed by atoms with Crippen LogP contribution in [0, 0.1) is 0 Å². The van der Waals surface area contributed by atoms with Gasteiger partial charge in [-0.3, -0.25) is 14.3 Å². The van der Waals surface area contributed by atoms with Crippen molar-refractivity contribution in [2.24, 2.45) is 0 Å². The van der Waals surface area contributed by atoms with Gasteiger partial charge in [-0.05, 0) is 38.9 Å². The molecule has 4 heterocycles. The minimum Gasteiger partial charge on any atom is -0.369 e. The number of carbonyl (C=O) groups excluding carboxylic acids is 1. The van der Waals surface area contributed by atoms with Gasteiger partial charge in [0.15, 0.2) is 5.65 Å². The lowest BCUT2D eigenvalue weighted by Gasteiger charge is -2.35. The summed E-state index contributed by atoms with van der Waals surface area (Å²) in [5.41, 5.74) is 7.94. The molecule has 2 saturated heterocycles. The van der Waals surface area contributed by atoms with Crippen LogP contribution < -0.4 is 5.73 Å². The third kappa shape index (κ3) is 3.77. The third-order valence-electron chi connectivity index (χ3n) is 5.77. The van der Waals surface area contributed by atoms with Crippen LogP contribution in [-0.4, -0.2) is 87.5 Å². The normalized spacial score (nSPS) is 19.2. The number of nitrogens with two attached hydrogens (primary N) is 1. The number of imidazole rings is 1. The number of likely N-dealkylation sites (tertiary alicyclic amines) is 1. The van der Waals surface area contributed by atoms with E-state index in [1.165, 1.54) is 25.9 Å². The average molecular weight is 371 g/mol. The standard InChI is InChI=1S/C19H29N7O/c1-2-26-17-16(22-19(26)20)13-15(14-21-17)18(27)25-11-9-24(10-12-25)8-7-23-5-3-4-6-23/h13-14H,2-12H2,1H3,(H2,20,22). The molecule has 0 unspecified atom stereocenters. The first-order valence-electron chi connectivity index (χ1n) is 10.0. The van der Waals surface area contributed by atoms with Crippen molar-refractivity contribution >= 4 is 23.0 Å². The second kappa shape index (κ2) is 7.82. The van der Waals surface area contributed by atoms with Gasteiger partial charge in [0.25, 0.3) is 5.91 Å². The quantitative estimate of drug-likeness (QED) is 0.840. The van der Waals surface area contributed by atoms with Gasteiger partial charge in [-0.25, -0.2) is 9.97 Å². The number of carbonyl (C=O) groups is 1. The molecule has 2 N–H and O–H groups in total. The number of nitrogens with zero attached hydrogens (tertiary/aromatic N) is 6. The monoisotopic (exact) mass is 371 g/mol. The number of hydrogen-bond donors (Lipinski definition) is 1. The van der Waals surface area contributed by atoms with Crippen molar-refractivity contribution < 1.29 is 4.79 Å². The Balaban J connectivity index is 1.35. The summed E-state index contributed by atoms with van der Waals surface area (Å²) in [6, 6.07) is 1.81. The van der Waals surface area contributed by atoms with Crippen LogP contribution in [0.1, 0.15) is 30.1 Å². The molecular formula is C19H29N7O. The van der Waals surface area contributed by atoms with Crippen molar-refractivity contribution in [1.29, 1.82) is 0 Å². The summed E-state index contributed by atoms with van der Waals surface area (Å²) in [6.07, 6.45) is 4.32. The summed E-state index contributed by atoms with van der Waals surface area (Å²) in [7, 11) is 0. The van der Waals surface area contributed by atoms with E-state index in [1.807, 2.05) is 22.5 Å². The largest absolute Gasteiger partial charge is 0.369 e. The molecule has 0 spiro atoms. The van der Waals surface area contributed by atoms with Crippen molar-refractivity contribution in [2.75, 3.05) is 58.1 Å². The van der Waals surface area contributed by atoms with E-state index >= 15 is 0 Å². The Hall–Kier alpha value is -2.19. The van der Waals surface area contributed by atoms with Gasteiger partial charge in [0, 0.05) is 52.0 Å². The topological polar surface area (TPSA) is 83.5 Å². The van der Waals surface area contributed by atoms with Crippen molar-refractivity contribution in [2.45, 2.75) is 26.3 Å². The summed E-state index contributed by atoms with van der Waals surface area (Å²) in [5, 5.41) is 0. The van der Waals surface area contributed by atoms with Crippen molar-refractivity contribution in [3.63, 3.8) is 0 Å². The summed E-state index contributed by atoms with van der Waals surface area (Å²) in [5.74, 6) is 0.476. The van der Waals surface area contributed by atoms with Gasteiger partial charge < -0.3 is 15.5 Å². The highest BCUT2D eigenvalue weighted by Crippen LogP contribution is 2.18. The highest BCUT2D eigenvalue weighted by atomic mass is 16.2. The van der Waals surface area contributed by atoms with Crippen LogP contribution in [0.15, 0.2) is 12.3 Å². The first-order valence-corrected chi connectivity index (χ1v) is 10.0. The molecule has 8 heteroatoms. The molecule has 0 aromatic carbocycles. The number of hydrogen-bond acceptors (Lipinski definition) is 6. The molecule has 2 aromatic heterocycles. The minimum atomic E-state index is 0.0354. The maximum Gasteiger partial charge on any atom is 0.255 e. The van der Waals surface area contributed by atoms with Crippen LogP contribution in [0.3, 0.4) is 0 Å². The molecule has 0 radical (unpaired) electrons. The number of nitrogen functional groups attached to an aromatic ring is 1. The SMILES string of the molecule is CCn1c(N)nc2cc(C(=O)N3CCN(CCN4CCCC4)CC3)cnc21. The number of piperazine rings is 1. The van der Waals surface area contributed by atoms with Crippen molar-refractivity contribution in [1.82, 2.24) is 29.2 Å². The van der Waals surface area contributed by atoms with E-state index in [0.29, 0.717) is 23.6 Å². The van der Waals surface area contributed by atoms with Gasteiger partial charge in [-0.1, -0.05) is 0 Å². The maximum absolute atomic E-state index is 12.9. The predicted molar refractivity (Wildman–Crippen MR) is 106 cm³/mol. The van der Waals surface area contributed by atoms with Gasteiger partial charge in [0.1, 0.15) is 5.52 Å². The summed E-state index contributed by atoms with van der Waals surface area (Å²) in [4.78, 5) is 28.6. The van der Waals surface area contributed by atoms with E-state index < -0.39 is 0 Å². The number of fused-ring (bicyclic) bond motifs is 1. The van der Waals surface area contributed by atoms with Crippen LogP contribution >= 0.6 is 0 Å². The van der Waals surface area contributed by atoms with Crippen molar-refractivity contribution in [3.05, 3.63) is 17.8 Å². The first kappa shape index (κ1) is 18.2. The highest BCUT2D eigenvalue weighted by molar-refractivity contribution is 5.96. The van der Waals surface area contributed by atoms with Crippen LogP contribution in [-0.2, 0) is 6.54 Å². The summed E-state index contributed by atoms with van der Waals surface area (Å²) < 4.78 is 1.85. The highest BCUT2D eigenvalue weighted by Gasteiger charge is 2.23. The Bertz CT molecular complexity index is 804. The molecule has 2 aliphatic heterocycles. The van der Waals surface area contributed by atoms with E-state index in [9.17, 15) is 4.79 Å². The van der Waals surface area contributed by atoms with Gasteiger partial charge >= 0.3 is 0 Å². The van der Waals surface area contributed by atoms with E-state index in [2.05, 4.69) is 19.8 Å². The number of rotatable bonds is 5. The number of aromatic nitrogens is 3. The maximum atomic E-state index is 12.9. The molecule has 4 rings (SSSR count). The molecule has 1 amide bonds. The molecule has 2 aromatic rings. The fraction of sp³-hybridized carbons (Fsp3) is 0.632. The van der Waals surface area contributed by atoms with Gasteiger partial charge in [-0.15, -0.1) is 0 Å². The van der Waals surface area contributed by atoms with Crippen LogP contribution in [0.25, 0.3) is 11.2 Å². The minimum absolute atomic E-state index is 0.0354. The fourth-order valence-electron chi connectivity index (χ4n) is 4.10. The molecule has 2 fully saturated rings. The zero-order chi connectivity index (χ0) is 18.8. The lowest BCUT2D eigenvalue weighted by molar-refractivity contribution is 0.0626. The van der Waals surface area contributed by atoms with Crippen LogP contribution in [0.4, 0.5) is 5.95 Å². The number of aryl methyl sites for hydroxylation is 1. The first-order chi connectivity index (χ1) is 13.2. The molecule has 0 saturated carbocycles. The van der Waals surface area contributed by atoms with E-state index in [4.69, 9.17) is 5.73 Å². The predicted octanol–water partition coefficient (Wildman–Crippen LogP) is 0.887. The molecule has 146 valence electrons. The molecule has 0 aliphatic carbocycles. The van der Waals surface area contributed by atoms with Gasteiger partial charge in [-0.2, -0.15) is 0 Å². The summed E-state index contributed by atoms with van der Waals surface area (Å²) >= 11 is 0. The summed E-state index contributed by atoms with van der Waals surface area (Å²) in [6.45, 7) is 10.9. The Kier molecular flexibility index (Phi) is 5.27. The smallest absolute Gasteiger partial charge is 0.255 e. The number of amides is 1. The van der Waals surface area contributed by atoms with Crippen LogP contribution in [0.2, 0.25) is 0 Å². The molecular weight excluding hydrogens is 342 g/mol. The Morgan fingerprint density at radius 3 is 2.41 bits per heavy atom. The van der Waals surface area contributed by atoms with Crippen LogP contribution in [0.5, 0.6) is 0 Å². The van der Waals surface area contributed by atoms with E-state index in [1.54, 1.807) is 6.20 Å². The Labute approximate surface area is 159 Å². The molecule has 0 bridgehead atoms. The number of anilines is 1. The lowest BCUT2D eigenvalue weighted by atomic mass is 10.2. The zero-order valence-corrected chi connectivity index (χ0v) is 16.1. The second-order valence-electron chi connectivity index (χ2n) is 7.46. The van der Waals surface area contributed by atoms with E-state index in [-0.39, 0.29) is 5.91 Å². The molecule has 27 heavy (non-hydrogen) atoms. The molecule has 2 aliphatic rings. The number of pyridine rings is 1. The average Bonchev–Trinajstić information content (AvgIpc) is 3.32. The zero-order valence-electron chi connectivity index (χ0n) is 16.1. The Morgan fingerprint density at radius 1 is 1.07 bits per heavy atom. The second-order valence-corrected chi connectivity index (χ2v) is 7.46. The van der Waals surface area contributed by atoms with Gasteiger partial charge in [0.2, 0.25) is 5.95 Å². The van der Waals surface area contributed by atoms with E-state index in [0.717, 1.165) is 44.9 Å². The lowest BCUT2D eigenvalue weighted by Crippen LogP contribution is -2.50. The van der Waals surface area contributed by atoms with Gasteiger partial charge in [0.05, 0.1) is 5.56 Å². The van der Waals surface area contributed by atoms with Crippen molar-refractivity contribution in [3.8, 4) is 0 Å².